The Morgan fingerprint density at radius 2 is 2.00 bits per heavy atom. The predicted molar refractivity (Wildman–Crippen MR) is 64.1 cm³/mol. The van der Waals surface area contributed by atoms with Crippen molar-refractivity contribution in [3.63, 3.8) is 0 Å². The molecule has 0 bridgehead atoms. The van der Waals surface area contributed by atoms with E-state index in [1.54, 1.807) is 0 Å². The van der Waals surface area contributed by atoms with Crippen LogP contribution in [0.4, 0.5) is 0 Å². The number of rotatable bonds is 5. The van der Waals surface area contributed by atoms with Gasteiger partial charge >= 0.3 is 0 Å². The van der Waals surface area contributed by atoms with Crippen molar-refractivity contribution in [1.82, 2.24) is 4.90 Å². The molecule has 0 aliphatic heterocycles. The highest BCUT2D eigenvalue weighted by Gasteiger charge is 2.39. The van der Waals surface area contributed by atoms with Crippen molar-refractivity contribution in [2.45, 2.75) is 46.6 Å². The van der Waals surface area contributed by atoms with Gasteiger partial charge in [0.1, 0.15) is 0 Å². The van der Waals surface area contributed by atoms with Gasteiger partial charge in [0.2, 0.25) is 5.91 Å². The maximum atomic E-state index is 12.3. The number of carbonyl (C=O) groups excluding carboxylic acids is 1. The fourth-order valence-electron chi connectivity index (χ4n) is 1.62. The summed E-state index contributed by atoms with van der Waals surface area (Å²) in [5.74, 6) is 1.14. The van der Waals surface area contributed by atoms with Gasteiger partial charge in [0.25, 0.3) is 0 Å². The molecule has 1 rings (SSSR count). The predicted octanol–water partition coefficient (Wildman–Crippen LogP) is 2.90. The number of hydrogen-bond acceptors (Lipinski definition) is 1. The molecule has 88 valence electrons. The quantitative estimate of drug-likeness (QED) is 0.667. The van der Waals surface area contributed by atoms with Crippen LogP contribution in [0.2, 0.25) is 0 Å². The Morgan fingerprint density at radius 1 is 1.47 bits per heavy atom. The molecular weight excluding hydrogens is 210 g/mol. The van der Waals surface area contributed by atoms with Crippen LogP contribution in [0, 0.1) is 11.3 Å². The van der Waals surface area contributed by atoms with Crippen molar-refractivity contribution in [3.05, 3.63) is 0 Å². The van der Waals surface area contributed by atoms with Crippen LogP contribution >= 0.6 is 11.6 Å². The number of halogens is 1. The number of carbonyl (C=O) groups is 1. The fraction of sp³-hybridized carbons (Fsp3) is 0.917. The minimum atomic E-state index is -0.418. The normalized spacial score (nSPS) is 16.9. The van der Waals surface area contributed by atoms with Crippen molar-refractivity contribution in [1.29, 1.82) is 0 Å². The number of nitrogens with zero attached hydrogens (tertiary/aromatic N) is 1. The standard InChI is InChI=1S/C12H22ClNO/c1-9(2)7-14(10-5-6-10)11(15)12(3,4)8-13/h9-10H,5-8H2,1-4H3. The van der Waals surface area contributed by atoms with Gasteiger partial charge in [-0.1, -0.05) is 13.8 Å². The van der Waals surface area contributed by atoms with Gasteiger partial charge in [0.15, 0.2) is 0 Å². The van der Waals surface area contributed by atoms with Gasteiger partial charge < -0.3 is 4.90 Å². The van der Waals surface area contributed by atoms with Gasteiger partial charge in [-0.15, -0.1) is 11.6 Å². The summed E-state index contributed by atoms with van der Waals surface area (Å²) >= 11 is 5.85. The second kappa shape index (κ2) is 4.73. The first kappa shape index (κ1) is 12.8. The Labute approximate surface area is 98.0 Å². The summed E-state index contributed by atoms with van der Waals surface area (Å²) in [4.78, 5) is 14.3. The average Bonchev–Trinajstić information content (AvgIpc) is 2.96. The fourth-order valence-corrected chi connectivity index (χ4v) is 1.74. The van der Waals surface area contributed by atoms with Gasteiger partial charge in [-0.3, -0.25) is 4.79 Å². The van der Waals surface area contributed by atoms with E-state index >= 15 is 0 Å². The van der Waals surface area contributed by atoms with Crippen LogP contribution in [0.1, 0.15) is 40.5 Å². The molecule has 0 heterocycles. The first-order valence-electron chi connectivity index (χ1n) is 5.75. The molecule has 15 heavy (non-hydrogen) atoms. The van der Waals surface area contributed by atoms with Crippen molar-refractivity contribution >= 4 is 17.5 Å². The second-order valence-electron chi connectivity index (χ2n) is 5.60. The highest BCUT2D eigenvalue weighted by atomic mass is 35.5. The highest BCUT2D eigenvalue weighted by Crippen LogP contribution is 2.32. The lowest BCUT2D eigenvalue weighted by Crippen LogP contribution is -2.44. The summed E-state index contributed by atoms with van der Waals surface area (Å²) in [6.45, 7) is 9.02. The monoisotopic (exact) mass is 231 g/mol. The first-order chi connectivity index (χ1) is 6.88. The molecule has 0 aromatic heterocycles. The van der Waals surface area contributed by atoms with Gasteiger partial charge in [-0.25, -0.2) is 0 Å². The van der Waals surface area contributed by atoms with Crippen LogP contribution < -0.4 is 0 Å². The van der Waals surface area contributed by atoms with E-state index in [1.165, 1.54) is 0 Å². The highest BCUT2D eigenvalue weighted by molar-refractivity contribution is 6.19. The molecule has 0 saturated heterocycles. The van der Waals surface area contributed by atoms with Gasteiger partial charge in [0.05, 0.1) is 5.41 Å². The lowest BCUT2D eigenvalue weighted by Gasteiger charge is -2.32. The molecule has 1 aliphatic carbocycles. The van der Waals surface area contributed by atoms with Crippen molar-refractivity contribution in [3.8, 4) is 0 Å². The molecule has 1 aliphatic rings. The Morgan fingerprint density at radius 3 is 2.33 bits per heavy atom. The molecule has 0 atom stereocenters. The molecule has 2 nitrogen and oxygen atoms in total. The zero-order chi connectivity index (χ0) is 11.6. The molecular formula is C12H22ClNO. The molecule has 0 unspecified atom stereocenters. The maximum Gasteiger partial charge on any atom is 0.229 e. The van der Waals surface area contributed by atoms with Crippen molar-refractivity contribution in [2.75, 3.05) is 12.4 Å². The lowest BCUT2D eigenvalue weighted by molar-refractivity contribution is -0.140. The van der Waals surface area contributed by atoms with Crippen LogP contribution in [-0.4, -0.2) is 29.3 Å². The van der Waals surface area contributed by atoms with E-state index in [0.717, 1.165) is 19.4 Å². The molecule has 1 saturated carbocycles. The molecule has 1 fully saturated rings. The molecule has 0 spiro atoms. The average molecular weight is 232 g/mol. The number of amides is 1. The number of hydrogen-bond donors (Lipinski definition) is 0. The first-order valence-corrected chi connectivity index (χ1v) is 6.29. The Balaban J connectivity index is 2.67. The van der Waals surface area contributed by atoms with Gasteiger partial charge in [-0.2, -0.15) is 0 Å². The van der Waals surface area contributed by atoms with Crippen LogP contribution in [0.25, 0.3) is 0 Å². The molecule has 0 radical (unpaired) electrons. The van der Waals surface area contributed by atoms with E-state index in [2.05, 4.69) is 13.8 Å². The van der Waals surface area contributed by atoms with Crippen LogP contribution in [0.5, 0.6) is 0 Å². The van der Waals surface area contributed by atoms with Crippen molar-refractivity contribution < 1.29 is 4.79 Å². The van der Waals surface area contributed by atoms with E-state index in [0.29, 0.717) is 17.8 Å². The van der Waals surface area contributed by atoms with Crippen molar-refractivity contribution in [2.24, 2.45) is 11.3 Å². The van der Waals surface area contributed by atoms with E-state index < -0.39 is 5.41 Å². The zero-order valence-corrected chi connectivity index (χ0v) is 11.0. The molecule has 0 aromatic carbocycles. The second-order valence-corrected chi connectivity index (χ2v) is 5.87. The van der Waals surface area contributed by atoms with Crippen LogP contribution in [-0.2, 0) is 4.79 Å². The SMILES string of the molecule is CC(C)CN(C(=O)C(C)(C)CCl)C1CC1. The van der Waals surface area contributed by atoms with Gasteiger partial charge in [0, 0.05) is 18.5 Å². The summed E-state index contributed by atoms with van der Waals surface area (Å²) < 4.78 is 0. The smallest absolute Gasteiger partial charge is 0.229 e. The third-order valence-electron chi connectivity index (χ3n) is 2.72. The number of alkyl halides is 1. The van der Waals surface area contributed by atoms with Crippen LogP contribution in [0.3, 0.4) is 0 Å². The third-order valence-corrected chi connectivity index (χ3v) is 3.39. The minimum Gasteiger partial charge on any atom is -0.339 e. The van der Waals surface area contributed by atoms with E-state index in [4.69, 9.17) is 11.6 Å². The van der Waals surface area contributed by atoms with E-state index in [-0.39, 0.29) is 5.91 Å². The molecule has 0 aromatic rings. The molecule has 0 N–H and O–H groups in total. The Kier molecular flexibility index (Phi) is 4.05. The summed E-state index contributed by atoms with van der Waals surface area (Å²) in [5, 5.41) is 0. The Bertz CT molecular complexity index is 234. The topological polar surface area (TPSA) is 20.3 Å². The summed E-state index contributed by atoms with van der Waals surface area (Å²) in [5.41, 5.74) is -0.418. The zero-order valence-electron chi connectivity index (χ0n) is 10.2. The van der Waals surface area contributed by atoms with E-state index in [9.17, 15) is 4.79 Å². The summed E-state index contributed by atoms with van der Waals surface area (Å²) in [7, 11) is 0. The molecule has 1 amide bonds. The van der Waals surface area contributed by atoms with Gasteiger partial charge in [-0.05, 0) is 32.6 Å². The summed E-state index contributed by atoms with van der Waals surface area (Å²) in [6, 6.07) is 0.488. The Hall–Kier alpha value is -0.240. The lowest BCUT2D eigenvalue weighted by atomic mass is 9.93. The van der Waals surface area contributed by atoms with Crippen LogP contribution in [0.15, 0.2) is 0 Å². The third kappa shape index (κ3) is 3.37. The minimum absolute atomic E-state index is 0.216. The summed E-state index contributed by atoms with van der Waals surface area (Å²) in [6.07, 6.45) is 2.33. The maximum absolute atomic E-state index is 12.3. The largest absolute Gasteiger partial charge is 0.339 e. The van der Waals surface area contributed by atoms with E-state index in [1.807, 2.05) is 18.7 Å². The molecule has 3 heteroatoms.